The molecule has 0 fully saturated rings. The van der Waals surface area contributed by atoms with Gasteiger partial charge in [-0.15, -0.1) is 0 Å². The smallest absolute Gasteiger partial charge is 0.269 e. The number of amides is 1. The van der Waals surface area contributed by atoms with Crippen molar-refractivity contribution in [3.8, 4) is 17.3 Å². The lowest BCUT2D eigenvalue weighted by Gasteiger charge is -2.15. The zero-order valence-corrected chi connectivity index (χ0v) is 13.2. The van der Waals surface area contributed by atoms with E-state index in [0.717, 1.165) is 12.0 Å². The summed E-state index contributed by atoms with van der Waals surface area (Å²) in [6, 6.07) is 14.4. The molecule has 0 saturated heterocycles. The Morgan fingerprint density at radius 2 is 1.96 bits per heavy atom. The fraction of sp³-hybridized carbons (Fsp3) is 0.278. The van der Waals surface area contributed by atoms with Gasteiger partial charge in [-0.2, -0.15) is 5.26 Å². The average molecular weight is 309 g/mol. The molecule has 1 aromatic heterocycles. The molecule has 1 N–H and O–H groups in total. The third-order valence-electron chi connectivity index (χ3n) is 3.69. The fourth-order valence-corrected chi connectivity index (χ4v) is 2.25. The van der Waals surface area contributed by atoms with Crippen LogP contribution >= 0.6 is 0 Å². The Hall–Kier alpha value is -2.87. The van der Waals surface area contributed by atoms with Crippen molar-refractivity contribution >= 4 is 5.91 Å². The molecule has 1 atom stereocenters. The lowest BCUT2D eigenvalue weighted by Crippen LogP contribution is -2.38. The molecule has 0 bridgehead atoms. The summed E-state index contributed by atoms with van der Waals surface area (Å²) in [5.41, 5.74) is 1.02. The largest absolute Gasteiger partial charge is 0.352 e. The van der Waals surface area contributed by atoms with Gasteiger partial charge in [0.1, 0.15) is 18.2 Å². The van der Waals surface area contributed by atoms with E-state index < -0.39 is 5.56 Å². The number of pyridine rings is 1. The lowest BCUT2D eigenvalue weighted by molar-refractivity contribution is -0.122. The molecule has 0 aliphatic rings. The monoisotopic (exact) mass is 309 g/mol. The molecule has 0 spiro atoms. The highest BCUT2D eigenvalue weighted by Crippen LogP contribution is 2.17. The van der Waals surface area contributed by atoms with E-state index in [4.69, 9.17) is 5.26 Å². The molecule has 1 unspecified atom stereocenters. The van der Waals surface area contributed by atoms with Gasteiger partial charge in [-0.1, -0.05) is 37.3 Å². The summed E-state index contributed by atoms with van der Waals surface area (Å²) in [4.78, 5) is 24.6. The van der Waals surface area contributed by atoms with E-state index in [9.17, 15) is 9.59 Å². The van der Waals surface area contributed by atoms with Crippen molar-refractivity contribution in [2.75, 3.05) is 0 Å². The van der Waals surface area contributed by atoms with Gasteiger partial charge in [0.2, 0.25) is 5.91 Å². The van der Waals surface area contributed by atoms with Crippen molar-refractivity contribution in [2.24, 2.45) is 0 Å². The van der Waals surface area contributed by atoms with Crippen LogP contribution in [0.25, 0.3) is 11.3 Å². The number of nitriles is 1. The molecule has 2 rings (SSSR count). The number of hydrogen-bond donors (Lipinski definition) is 1. The van der Waals surface area contributed by atoms with Crippen LogP contribution in [0.2, 0.25) is 0 Å². The number of nitrogens with one attached hydrogen (secondary N) is 1. The highest BCUT2D eigenvalue weighted by atomic mass is 16.2. The first-order valence-electron chi connectivity index (χ1n) is 7.55. The van der Waals surface area contributed by atoms with Crippen molar-refractivity contribution in [1.29, 1.82) is 5.26 Å². The fourth-order valence-electron chi connectivity index (χ4n) is 2.25. The quantitative estimate of drug-likeness (QED) is 0.921. The lowest BCUT2D eigenvalue weighted by atomic mass is 10.1. The van der Waals surface area contributed by atoms with Crippen molar-refractivity contribution in [3.63, 3.8) is 0 Å². The van der Waals surface area contributed by atoms with E-state index in [0.29, 0.717) is 5.69 Å². The topological polar surface area (TPSA) is 74.9 Å². The first kappa shape index (κ1) is 16.5. The molecule has 23 heavy (non-hydrogen) atoms. The summed E-state index contributed by atoms with van der Waals surface area (Å²) in [6.07, 6.45) is 0.810. The molecule has 5 heteroatoms. The second-order valence-electron chi connectivity index (χ2n) is 5.38. The Kier molecular flexibility index (Phi) is 5.32. The Balaban J connectivity index is 2.45. The van der Waals surface area contributed by atoms with Crippen LogP contribution < -0.4 is 10.9 Å². The van der Waals surface area contributed by atoms with Gasteiger partial charge in [-0.25, -0.2) is 0 Å². The minimum atomic E-state index is -0.451. The van der Waals surface area contributed by atoms with Gasteiger partial charge in [-0.3, -0.25) is 14.2 Å². The molecule has 0 radical (unpaired) electrons. The Morgan fingerprint density at radius 1 is 1.26 bits per heavy atom. The number of benzene rings is 1. The summed E-state index contributed by atoms with van der Waals surface area (Å²) in [6.45, 7) is 3.77. The first-order valence-corrected chi connectivity index (χ1v) is 7.55. The summed E-state index contributed by atoms with van der Waals surface area (Å²) >= 11 is 0. The van der Waals surface area contributed by atoms with Crippen LogP contribution in [0.3, 0.4) is 0 Å². The zero-order valence-electron chi connectivity index (χ0n) is 13.2. The van der Waals surface area contributed by atoms with E-state index in [1.807, 2.05) is 50.2 Å². The predicted octanol–water partition coefficient (Wildman–Crippen LogP) is 2.30. The second kappa shape index (κ2) is 7.41. The zero-order chi connectivity index (χ0) is 16.8. The molecular weight excluding hydrogens is 290 g/mol. The maximum Gasteiger partial charge on any atom is 0.269 e. The van der Waals surface area contributed by atoms with Crippen LogP contribution in [0.4, 0.5) is 0 Å². The first-order chi connectivity index (χ1) is 11.1. The highest BCUT2D eigenvalue weighted by Gasteiger charge is 2.14. The molecule has 1 amide bonds. The van der Waals surface area contributed by atoms with Crippen molar-refractivity contribution in [3.05, 3.63) is 58.4 Å². The molecule has 1 aromatic carbocycles. The van der Waals surface area contributed by atoms with Gasteiger partial charge in [0.15, 0.2) is 0 Å². The third kappa shape index (κ3) is 3.86. The van der Waals surface area contributed by atoms with Crippen LogP contribution in [0.15, 0.2) is 47.3 Å². The van der Waals surface area contributed by atoms with Gasteiger partial charge in [0, 0.05) is 6.04 Å². The summed E-state index contributed by atoms with van der Waals surface area (Å²) in [5.74, 6) is -0.242. The number of rotatable bonds is 5. The molecular formula is C18H19N3O2. The van der Waals surface area contributed by atoms with Crippen molar-refractivity contribution in [1.82, 2.24) is 9.88 Å². The molecule has 5 nitrogen and oxygen atoms in total. The van der Waals surface area contributed by atoms with Crippen molar-refractivity contribution in [2.45, 2.75) is 32.9 Å². The molecule has 2 aromatic rings. The van der Waals surface area contributed by atoms with Crippen LogP contribution in [-0.2, 0) is 11.3 Å². The second-order valence-corrected chi connectivity index (χ2v) is 5.38. The number of aromatic nitrogens is 1. The minimum absolute atomic E-state index is 0.0287. The van der Waals surface area contributed by atoms with Gasteiger partial charge in [0.05, 0.1) is 5.69 Å². The molecule has 1 heterocycles. The van der Waals surface area contributed by atoms with Crippen molar-refractivity contribution < 1.29 is 4.79 Å². The Morgan fingerprint density at radius 3 is 2.57 bits per heavy atom. The van der Waals surface area contributed by atoms with E-state index in [1.165, 1.54) is 10.6 Å². The standard InChI is InChI=1S/C18H19N3O2/c1-3-13(2)20-17(22)12-21-16(14-7-5-4-6-8-14)10-9-15(11-19)18(21)23/h4-10,13H,3,12H2,1-2H3,(H,20,22). The average Bonchev–Trinajstić information content (AvgIpc) is 2.57. The third-order valence-corrected chi connectivity index (χ3v) is 3.69. The minimum Gasteiger partial charge on any atom is -0.352 e. The van der Waals surface area contributed by atoms with Crippen LogP contribution in [0.5, 0.6) is 0 Å². The Bertz CT molecular complexity index is 788. The molecule has 0 aliphatic heterocycles. The summed E-state index contributed by atoms with van der Waals surface area (Å²) < 4.78 is 1.35. The number of carbonyl (C=O) groups excluding carboxylic acids is 1. The number of carbonyl (C=O) groups is 1. The van der Waals surface area contributed by atoms with Gasteiger partial charge < -0.3 is 5.32 Å². The van der Waals surface area contributed by atoms with Crippen LogP contribution in [0.1, 0.15) is 25.8 Å². The molecule has 0 aliphatic carbocycles. The van der Waals surface area contributed by atoms with E-state index in [1.54, 1.807) is 6.07 Å². The maximum absolute atomic E-state index is 12.4. The number of hydrogen-bond acceptors (Lipinski definition) is 3. The van der Waals surface area contributed by atoms with E-state index in [2.05, 4.69) is 5.32 Å². The van der Waals surface area contributed by atoms with Gasteiger partial charge >= 0.3 is 0 Å². The van der Waals surface area contributed by atoms with E-state index in [-0.39, 0.29) is 24.1 Å². The van der Waals surface area contributed by atoms with Crippen LogP contribution in [0, 0.1) is 11.3 Å². The predicted molar refractivity (Wildman–Crippen MR) is 88.7 cm³/mol. The van der Waals surface area contributed by atoms with E-state index >= 15 is 0 Å². The maximum atomic E-state index is 12.4. The molecule has 118 valence electrons. The Labute approximate surface area is 135 Å². The molecule has 0 saturated carbocycles. The van der Waals surface area contributed by atoms with Gasteiger partial charge in [-0.05, 0) is 31.0 Å². The number of nitrogens with zero attached hydrogens (tertiary/aromatic N) is 2. The van der Waals surface area contributed by atoms with Gasteiger partial charge in [0.25, 0.3) is 5.56 Å². The summed E-state index contributed by atoms with van der Waals surface area (Å²) in [7, 11) is 0. The van der Waals surface area contributed by atoms with Crippen LogP contribution in [-0.4, -0.2) is 16.5 Å². The highest BCUT2D eigenvalue weighted by molar-refractivity contribution is 5.77. The SMILES string of the molecule is CCC(C)NC(=O)Cn1c(-c2ccccc2)ccc(C#N)c1=O. The normalized spacial score (nSPS) is 11.5. The summed E-state index contributed by atoms with van der Waals surface area (Å²) in [5, 5.41) is 11.9.